The lowest BCUT2D eigenvalue weighted by Crippen LogP contribution is -2.37. The molecule has 20 heavy (non-hydrogen) atoms. The molecular weight excluding hydrogens is 272 g/mol. The molecule has 0 heterocycles. The molecule has 7 heteroatoms. The average Bonchev–Trinajstić information content (AvgIpc) is 2.33. The number of nitrogens with two attached hydrogens (primary N) is 1. The van der Waals surface area contributed by atoms with Crippen molar-refractivity contribution < 1.29 is 27.8 Å². The van der Waals surface area contributed by atoms with Gasteiger partial charge < -0.3 is 15.2 Å². The molecule has 0 aliphatic carbocycles. The minimum atomic E-state index is -4.10. The van der Waals surface area contributed by atoms with Crippen LogP contribution in [-0.2, 0) is 9.53 Å². The Balaban J connectivity index is 3.10. The van der Waals surface area contributed by atoms with E-state index in [-0.39, 0.29) is 29.0 Å². The van der Waals surface area contributed by atoms with E-state index >= 15 is 0 Å². The lowest BCUT2D eigenvalue weighted by molar-refractivity contribution is -0.216. The fourth-order valence-electron chi connectivity index (χ4n) is 1.64. The van der Waals surface area contributed by atoms with Gasteiger partial charge in [-0.05, 0) is 44.0 Å². The largest absolute Gasteiger partial charge is 0.502 e. The molecule has 0 radical (unpaired) electrons. The van der Waals surface area contributed by atoms with E-state index in [1.165, 1.54) is 32.9 Å². The summed E-state index contributed by atoms with van der Waals surface area (Å²) >= 11 is 0. The predicted octanol–water partition coefficient (Wildman–Crippen LogP) is 1.94. The number of aryl methyl sites for hydroxylation is 2. The number of carbonyl (C=O) groups excluding carboxylic acids is 2. The van der Waals surface area contributed by atoms with E-state index in [2.05, 4.69) is 9.47 Å². The van der Waals surface area contributed by atoms with Crippen LogP contribution in [0, 0.1) is 13.8 Å². The zero-order valence-electron chi connectivity index (χ0n) is 11.3. The normalized spacial score (nSPS) is 11.1. The van der Waals surface area contributed by atoms with Gasteiger partial charge >= 0.3 is 12.1 Å². The van der Waals surface area contributed by atoms with Gasteiger partial charge in [0.1, 0.15) is 5.75 Å². The van der Waals surface area contributed by atoms with Gasteiger partial charge in [-0.3, -0.25) is 4.79 Å². The number of benzene rings is 1. The molecule has 0 saturated carbocycles. The quantitative estimate of drug-likeness (QED) is 0.839. The van der Waals surface area contributed by atoms with Crippen LogP contribution in [0.2, 0.25) is 0 Å². The number of primary amides is 1. The summed E-state index contributed by atoms with van der Waals surface area (Å²) < 4.78 is 35.7. The van der Waals surface area contributed by atoms with Crippen LogP contribution in [0.3, 0.4) is 0 Å². The number of rotatable bonds is 5. The molecule has 0 saturated heterocycles. The Morgan fingerprint density at radius 1 is 1.25 bits per heavy atom. The van der Waals surface area contributed by atoms with Crippen molar-refractivity contribution in [1.82, 2.24) is 0 Å². The van der Waals surface area contributed by atoms with E-state index in [0.717, 1.165) is 0 Å². The average molecular weight is 287 g/mol. The molecule has 0 atom stereocenters. The Morgan fingerprint density at radius 3 is 2.15 bits per heavy atom. The molecule has 1 aromatic carbocycles. The summed E-state index contributed by atoms with van der Waals surface area (Å²) in [5.74, 6) is -2.63. The van der Waals surface area contributed by atoms with E-state index in [0.29, 0.717) is 0 Å². The Labute approximate surface area is 114 Å². The third-order valence-corrected chi connectivity index (χ3v) is 2.49. The van der Waals surface area contributed by atoms with Crippen molar-refractivity contribution in [3.8, 4) is 5.75 Å². The second-order valence-corrected chi connectivity index (χ2v) is 4.14. The first-order valence-corrected chi connectivity index (χ1v) is 5.84. The lowest BCUT2D eigenvalue weighted by Gasteiger charge is -2.19. The van der Waals surface area contributed by atoms with Gasteiger partial charge in [-0.25, -0.2) is 4.79 Å². The van der Waals surface area contributed by atoms with Crippen LogP contribution in [0.15, 0.2) is 12.1 Å². The molecule has 0 spiro atoms. The predicted molar refractivity (Wildman–Crippen MR) is 66.6 cm³/mol. The number of halogens is 2. The Morgan fingerprint density at radius 2 is 1.75 bits per heavy atom. The van der Waals surface area contributed by atoms with Crippen molar-refractivity contribution in [2.45, 2.75) is 26.9 Å². The fourth-order valence-corrected chi connectivity index (χ4v) is 1.64. The maximum atomic E-state index is 13.5. The summed E-state index contributed by atoms with van der Waals surface area (Å²) in [6.45, 7) is 4.16. The van der Waals surface area contributed by atoms with Crippen LogP contribution in [0.4, 0.5) is 8.78 Å². The molecule has 5 nitrogen and oxygen atoms in total. The molecule has 0 fully saturated rings. The van der Waals surface area contributed by atoms with Crippen molar-refractivity contribution in [2.75, 3.05) is 6.61 Å². The number of alkyl halides is 2. The first-order valence-electron chi connectivity index (χ1n) is 5.84. The fraction of sp³-hybridized carbons (Fsp3) is 0.385. The van der Waals surface area contributed by atoms with E-state index in [1.807, 2.05) is 0 Å². The second-order valence-electron chi connectivity index (χ2n) is 4.14. The Bertz CT molecular complexity index is 520. The van der Waals surface area contributed by atoms with E-state index in [1.54, 1.807) is 0 Å². The number of carbonyl (C=O) groups is 2. The number of esters is 1. The smallest absolute Gasteiger partial charge is 0.459 e. The zero-order valence-corrected chi connectivity index (χ0v) is 11.3. The summed E-state index contributed by atoms with van der Waals surface area (Å²) in [5, 5.41) is 0. The van der Waals surface area contributed by atoms with Gasteiger partial charge in [0.05, 0.1) is 6.61 Å². The van der Waals surface area contributed by atoms with Crippen LogP contribution in [0.5, 0.6) is 5.75 Å². The van der Waals surface area contributed by atoms with Crippen LogP contribution >= 0.6 is 0 Å². The maximum Gasteiger partial charge on any atom is 0.502 e. The molecule has 0 aliphatic heterocycles. The highest BCUT2D eigenvalue weighted by Crippen LogP contribution is 2.30. The first-order chi connectivity index (χ1) is 9.19. The van der Waals surface area contributed by atoms with Crippen molar-refractivity contribution in [3.63, 3.8) is 0 Å². The third kappa shape index (κ3) is 3.43. The Hall–Kier alpha value is -2.18. The van der Waals surface area contributed by atoms with Crippen molar-refractivity contribution in [1.29, 1.82) is 0 Å². The number of amides is 1. The van der Waals surface area contributed by atoms with Crippen LogP contribution in [0.25, 0.3) is 0 Å². The standard InChI is InChI=1S/C13H15F2NO4/c1-4-19-12(18)13(14,15)20-10-7(2)5-9(11(16)17)6-8(10)3/h5-6H,4H2,1-3H3,(H2,16,17). The van der Waals surface area contributed by atoms with Crippen molar-refractivity contribution in [2.24, 2.45) is 5.73 Å². The Kier molecular flexibility index (Phi) is 4.65. The second kappa shape index (κ2) is 5.85. The molecule has 1 amide bonds. The third-order valence-electron chi connectivity index (χ3n) is 2.49. The van der Waals surface area contributed by atoms with Gasteiger partial charge in [0.2, 0.25) is 5.91 Å². The summed E-state index contributed by atoms with van der Waals surface area (Å²) in [6.07, 6.45) is -4.10. The summed E-state index contributed by atoms with van der Waals surface area (Å²) in [7, 11) is 0. The lowest BCUT2D eigenvalue weighted by atomic mass is 10.1. The van der Waals surface area contributed by atoms with E-state index in [9.17, 15) is 18.4 Å². The van der Waals surface area contributed by atoms with Crippen LogP contribution < -0.4 is 10.5 Å². The van der Waals surface area contributed by atoms with Crippen LogP contribution in [-0.4, -0.2) is 24.6 Å². The van der Waals surface area contributed by atoms with Gasteiger partial charge in [-0.1, -0.05) is 0 Å². The highest BCUT2D eigenvalue weighted by molar-refractivity contribution is 5.93. The molecular formula is C13H15F2NO4. The molecule has 110 valence electrons. The van der Waals surface area contributed by atoms with E-state index in [4.69, 9.17) is 5.73 Å². The van der Waals surface area contributed by atoms with Gasteiger partial charge in [-0.15, -0.1) is 0 Å². The van der Waals surface area contributed by atoms with Crippen molar-refractivity contribution in [3.05, 3.63) is 28.8 Å². The topological polar surface area (TPSA) is 78.6 Å². The zero-order chi connectivity index (χ0) is 15.5. The van der Waals surface area contributed by atoms with Crippen LogP contribution in [0.1, 0.15) is 28.4 Å². The molecule has 1 aromatic rings. The molecule has 0 aliphatic rings. The van der Waals surface area contributed by atoms with Gasteiger partial charge in [0.25, 0.3) is 0 Å². The minimum Gasteiger partial charge on any atom is -0.459 e. The minimum absolute atomic E-state index is 0.173. The summed E-state index contributed by atoms with van der Waals surface area (Å²) in [6, 6.07) is 2.62. The number of ether oxygens (including phenoxy) is 2. The highest BCUT2D eigenvalue weighted by atomic mass is 19.3. The van der Waals surface area contributed by atoms with Gasteiger partial charge in [-0.2, -0.15) is 8.78 Å². The molecule has 2 N–H and O–H groups in total. The van der Waals surface area contributed by atoms with Crippen molar-refractivity contribution >= 4 is 11.9 Å². The molecule has 0 bridgehead atoms. The number of hydrogen-bond donors (Lipinski definition) is 1. The highest BCUT2D eigenvalue weighted by Gasteiger charge is 2.44. The molecule has 0 unspecified atom stereocenters. The molecule has 1 rings (SSSR count). The first kappa shape index (κ1) is 15.9. The van der Waals surface area contributed by atoms with Gasteiger partial charge in [0, 0.05) is 5.56 Å². The SMILES string of the molecule is CCOC(=O)C(F)(F)Oc1c(C)cc(C(N)=O)cc1C. The summed E-state index contributed by atoms with van der Waals surface area (Å²) in [5.41, 5.74) is 5.82. The monoisotopic (exact) mass is 287 g/mol. The van der Waals surface area contributed by atoms with E-state index < -0.39 is 18.0 Å². The maximum absolute atomic E-state index is 13.5. The number of hydrogen-bond acceptors (Lipinski definition) is 4. The summed E-state index contributed by atoms with van der Waals surface area (Å²) in [4.78, 5) is 22.2. The molecule has 0 aromatic heterocycles. The van der Waals surface area contributed by atoms with Gasteiger partial charge in [0.15, 0.2) is 0 Å².